The van der Waals surface area contributed by atoms with Crippen molar-refractivity contribution in [3.8, 4) is 16.9 Å². The van der Waals surface area contributed by atoms with Crippen LogP contribution in [0, 0.1) is 11.6 Å². The Kier molecular flexibility index (Phi) is 7.08. The topological polar surface area (TPSA) is 85.0 Å². The highest BCUT2D eigenvalue weighted by Crippen LogP contribution is 2.35. The van der Waals surface area contributed by atoms with Crippen LogP contribution in [0.2, 0.25) is 5.02 Å². The molecule has 34 heavy (non-hydrogen) atoms. The maximum absolute atomic E-state index is 14.4. The van der Waals surface area contributed by atoms with Gasteiger partial charge in [0.1, 0.15) is 28.7 Å². The molecule has 0 aliphatic heterocycles. The summed E-state index contributed by atoms with van der Waals surface area (Å²) in [6.07, 6.45) is 1.56. The minimum atomic E-state index is -0.713. The Balaban J connectivity index is 1.57. The number of aryl methyl sites for hydroxylation is 1. The zero-order valence-corrected chi connectivity index (χ0v) is 18.8. The molecule has 4 aromatic rings. The molecule has 3 aromatic carbocycles. The van der Waals surface area contributed by atoms with Crippen molar-refractivity contribution in [2.75, 3.05) is 17.6 Å². The maximum Gasteiger partial charge on any atom is 0.319 e. The molecule has 0 radical (unpaired) electrons. The van der Waals surface area contributed by atoms with Gasteiger partial charge in [-0.25, -0.2) is 18.3 Å². The van der Waals surface area contributed by atoms with Crippen LogP contribution in [0.15, 0.2) is 72.8 Å². The number of amides is 2. The highest BCUT2D eigenvalue weighted by molar-refractivity contribution is 6.30. The number of hydrogen-bond donors (Lipinski definition) is 3. The molecule has 0 spiro atoms. The summed E-state index contributed by atoms with van der Waals surface area (Å²) in [6.45, 7) is 0.434. The summed E-state index contributed by atoms with van der Waals surface area (Å²) in [4.78, 5) is 12.6. The Hall–Kier alpha value is -3.91. The van der Waals surface area contributed by atoms with Gasteiger partial charge in [0.15, 0.2) is 5.82 Å². The normalized spacial score (nSPS) is 10.8. The number of nitrogens with zero attached hydrogens (tertiary/aromatic N) is 2. The molecular formula is C25H22ClF2N5O. The Labute approximate surface area is 200 Å². The number of anilines is 2. The molecule has 6 nitrogen and oxygen atoms in total. The van der Waals surface area contributed by atoms with Gasteiger partial charge in [-0.05, 0) is 42.7 Å². The van der Waals surface area contributed by atoms with Crippen LogP contribution in [0.4, 0.5) is 25.1 Å². The Morgan fingerprint density at radius 2 is 1.76 bits per heavy atom. The van der Waals surface area contributed by atoms with E-state index in [0.717, 1.165) is 35.7 Å². The van der Waals surface area contributed by atoms with E-state index in [4.69, 9.17) is 17.3 Å². The Bertz CT molecular complexity index is 1290. The summed E-state index contributed by atoms with van der Waals surface area (Å²) in [6, 6.07) is 19.1. The van der Waals surface area contributed by atoms with Gasteiger partial charge in [-0.15, -0.1) is 0 Å². The van der Waals surface area contributed by atoms with Crippen molar-refractivity contribution in [2.24, 2.45) is 0 Å². The first-order valence-corrected chi connectivity index (χ1v) is 11.0. The number of nitrogens with two attached hydrogens (primary N) is 1. The molecule has 4 rings (SSSR count). The molecule has 0 fully saturated rings. The number of nitrogens with one attached hydrogen (secondary N) is 2. The van der Waals surface area contributed by atoms with Crippen LogP contribution < -0.4 is 16.4 Å². The minimum Gasteiger partial charge on any atom is -0.382 e. The average molecular weight is 482 g/mol. The number of carbonyl (C=O) groups is 1. The fourth-order valence-electron chi connectivity index (χ4n) is 3.49. The number of nitrogen functional groups attached to an aromatic ring is 1. The lowest BCUT2D eigenvalue weighted by Gasteiger charge is -2.10. The SMILES string of the molecule is Nc1c(NC(=O)NCCCc2ccccc2)c(-c2ccc(Cl)cc2)nn1-c1cc(F)ccc1F. The van der Waals surface area contributed by atoms with Gasteiger partial charge < -0.3 is 16.4 Å². The first-order valence-electron chi connectivity index (χ1n) is 10.6. The summed E-state index contributed by atoms with van der Waals surface area (Å²) < 4.78 is 29.3. The van der Waals surface area contributed by atoms with E-state index in [9.17, 15) is 13.6 Å². The number of benzene rings is 3. The second-order valence-corrected chi connectivity index (χ2v) is 8.03. The number of hydrogen-bond acceptors (Lipinski definition) is 3. The standard InChI is InChI=1S/C25H22ClF2N5O/c26-18-10-8-17(9-11-18)22-23(24(29)33(32-22)21-15-19(27)12-13-20(21)28)31-25(34)30-14-4-7-16-5-2-1-3-6-16/h1-3,5-6,8-13,15H,4,7,14,29H2,(H2,30,31,34). The molecule has 174 valence electrons. The van der Waals surface area contributed by atoms with Gasteiger partial charge in [0, 0.05) is 23.2 Å². The number of urea groups is 1. The number of aromatic nitrogens is 2. The molecule has 2 amide bonds. The van der Waals surface area contributed by atoms with Gasteiger partial charge in [-0.3, -0.25) is 0 Å². The van der Waals surface area contributed by atoms with Crippen molar-refractivity contribution in [3.05, 3.63) is 95.0 Å². The highest BCUT2D eigenvalue weighted by Gasteiger charge is 2.22. The summed E-state index contributed by atoms with van der Waals surface area (Å²) in [5.41, 5.74) is 8.30. The van der Waals surface area contributed by atoms with Crippen LogP contribution in [-0.2, 0) is 6.42 Å². The molecule has 1 aromatic heterocycles. The number of halogens is 3. The fourth-order valence-corrected chi connectivity index (χ4v) is 3.62. The number of rotatable bonds is 7. The first-order chi connectivity index (χ1) is 16.4. The average Bonchev–Trinajstić information content (AvgIpc) is 3.15. The zero-order chi connectivity index (χ0) is 24.1. The van der Waals surface area contributed by atoms with Crippen LogP contribution in [0.3, 0.4) is 0 Å². The largest absolute Gasteiger partial charge is 0.382 e. The lowest BCUT2D eigenvalue weighted by atomic mass is 10.1. The second kappa shape index (κ2) is 10.4. The monoisotopic (exact) mass is 481 g/mol. The molecule has 9 heteroatoms. The van der Waals surface area contributed by atoms with Crippen molar-refractivity contribution < 1.29 is 13.6 Å². The lowest BCUT2D eigenvalue weighted by molar-refractivity contribution is 0.252. The van der Waals surface area contributed by atoms with E-state index < -0.39 is 17.7 Å². The van der Waals surface area contributed by atoms with Gasteiger partial charge >= 0.3 is 6.03 Å². The van der Waals surface area contributed by atoms with E-state index in [1.807, 2.05) is 30.3 Å². The summed E-state index contributed by atoms with van der Waals surface area (Å²) in [5, 5.41) is 10.4. The molecule has 0 bridgehead atoms. The first kappa shape index (κ1) is 23.3. The van der Waals surface area contributed by atoms with Crippen molar-refractivity contribution >= 4 is 29.1 Å². The van der Waals surface area contributed by atoms with E-state index in [-0.39, 0.29) is 22.9 Å². The summed E-state index contributed by atoms with van der Waals surface area (Å²) >= 11 is 5.99. The third-order valence-corrected chi connectivity index (χ3v) is 5.44. The molecule has 0 saturated carbocycles. The highest BCUT2D eigenvalue weighted by atomic mass is 35.5. The minimum absolute atomic E-state index is 0.0473. The van der Waals surface area contributed by atoms with E-state index in [2.05, 4.69) is 15.7 Å². The second-order valence-electron chi connectivity index (χ2n) is 7.59. The van der Waals surface area contributed by atoms with Gasteiger partial charge in [0.25, 0.3) is 0 Å². The van der Waals surface area contributed by atoms with Crippen LogP contribution in [0.5, 0.6) is 0 Å². The number of carbonyl (C=O) groups excluding carboxylic acids is 1. The molecule has 1 heterocycles. The predicted molar refractivity (Wildman–Crippen MR) is 130 cm³/mol. The zero-order valence-electron chi connectivity index (χ0n) is 18.1. The lowest BCUT2D eigenvalue weighted by Crippen LogP contribution is -2.30. The van der Waals surface area contributed by atoms with Crippen LogP contribution in [0.1, 0.15) is 12.0 Å². The van der Waals surface area contributed by atoms with Crippen LogP contribution in [0.25, 0.3) is 16.9 Å². The smallest absolute Gasteiger partial charge is 0.319 e. The van der Waals surface area contributed by atoms with E-state index in [1.54, 1.807) is 24.3 Å². The molecule has 0 unspecified atom stereocenters. The van der Waals surface area contributed by atoms with E-state index in [1.165, 1.54) is 5.56 Å². The van der Waals surface area contributed by atoms with Gasteiger partial charge in [-0.1, -0.05) is 54.1 Å². The van der Waals surface area contributed by atoms with Crippen molar-refractivity contribution in [1.29, 1.82) is 0 Å². The Morgan fingerprint density at radius 3 is 2.50 bits per heavy atom. The fraction of sp³-hybridized carbons (Fsp3) is 0.120. The molecule has 0 aliphatic carbocycles. The van der Waals surface area contributed by atoms with Crippen molar-refractivity contribution in [1.82, 2.24) is 15.1 Å². The van der Waals surface area contributed by atoms with E-state index in [0.29, 0.717) is 17.1 Å². The van der Waals surface area contributed by atoms with E-state index >= 15 is 0 Å². The van der Waals surface area contributed by atoms with Crippen molar-refractivity contribution in [2.45, 2.75) is 12.8 Å². The van der Waals surface area contributed by atoms with Crippen LogP contribution >= 0.6 is 11.6 Å². The van der Waals surface area contributed by atoms with Gasteiger partial charge in [-0.2, -0.15) is 5.10 Å². The quantitative estimate of drug-likeness (QED) is 0.291. The molecule has 0 atom stereocenters. The van der Waals surface area contributed by atoms with Gasteiger partial charge in [0.05, 0.1) is 0 Å². The summed E-state index contributed by atoms with van der Waals surface area (Å²) in [7, 11) is 0. The maximum atomic E-state index is 14.4. The summed E-state index contributed by atoms with van der Waals surface area (Å²) in [5.74, 6) is -1.41. The third kappa shape index (κ3) is 5.35. The predicted octanol–water partition coefficient (Wildman–Crippen LogP) is 5.81. The molecule has 0 saturated heterocycles. The molecule has 4 N–H and O–H groups in total. The van der Waals surface area contributed by atoms with Crippen LogP contribution in [-0.4, -0.2) is 22.4 Å². The molecular weight excluding hydrogens is 460 g/mol. The third-order valence-electron chi connectivity index (χ3n) is 5.18. The Morgan fingerprint density at radius 1 is 1.03 bits per heavy atom. The van der Waals surface area contributed by atoms with Gasteiger partial charge in [0.2, 0.25) is 0 Å². The molecule has 0 aliphatic rings. The van der Waals surface area contributed by atoms with Crippen molar-refractivity contribution in [3.63, 3.8) is 0 Å².